The van der Waals surface area contributed by atoms with Gasteiger partial charge in [0.2, 0.25) is 0 Å². The van der Waals surface area contributed by atoms with Crippen molar-refractivity contribution in [1.29, 1.82) is 0 Å². The molecule has 5 nitrogen and oxygen atoms in total. The molecule has 0 amide bonds. The van der Waals surface area contributed by atoms with E-state index in [9.17, 15) is 9.59 Å². The molecule has 7 heteroatoms. The van der Waals surface area contributed by atoms with E-state index >= 15 is 0 Å². The molecule has 0 spiro atoms. The zero-order valence-electron chi connectivity index (χ0n) is 17.5. The first-order chi connectivity index (χ1) is 14.5. The van der Waals surface area contributed by atoms with Crippen molar-refractivity contribution in [3.8, 4) is 11.3 Å². The van der Waals surface area contributed by atoms with Crippen LogP contribution in [0, 0.1) is 6.92 Å². The molecule has 164 valence electrons. The fourth-order valence-corrected chi connectivity index (χ4v) is 4.41. The highest BCUT2D eigenvalue weighted by atomic mass is 79.9. The van der Waals surface area contributed by atoms with Crippen molar-refractivity contribution in [2.45, 2.75) is 39.3 Å². The largest absolute Gasteiger partial charge is 0.455 e. The van der Waals surface area contributed by atoms with Crippen molar-refractivity contribution < 1.29 is 13.9 Å². The van der Waals surface area contributed by atoms with Crippen LogP contribution in [0.5, 0.6) is 0 Å². The van der Waals surface area contributed by atoms with Crippen LogP contribution in [0.4, 0.5) is 0 Å². The third-order valence-corrected chi connectivity index (χ3v) is 6.08. The Morgan fingerprint density at radius 2 is 1.81 bits per heavy atom. The Hall–Kier alpha value is -2.15. The second-order valence-electron chi connectivity index (χ2n) is 7.68. The van der Waals surface area contributed by atoms with Crippen molar-refractivity contribution in [3.05, 3.63) is 68.3 Å². The van der Waals surface area contributed by atoms with E-state index in [0.29, 0.717) is 21.2 Å². The van der Waals surface area contributed by atoms with E-state index in [1.165, 1.54) is 6.42 Å². The molecule has 1 aromatic heterocycles. The first-order valence-electron chi connectivity index (χ1n) is 10.2. The zero-order valence-corrected chi connectivity index (χ0v) is 19.9. The number of likely N-dealkylation sites (tertiary alicyclic amines) is 1. The molecule has 2 heterocycles. The van der Waals surface area contributed by atoms with Gasteiger partial charge >= 0.3 is 5.97 Å². The number of hydrogen-bond acceptors (Lipinski definition) is 5. The summed E-state index contributed by atoms with van der Waals surface area (Å²) in [5.41, 5.74) is 1.64. The number of halogens is 2. The van der Waals surface area contributed by atoms with E-state index in [-0.39, 0.29) is 35.2 Å². The van der Waals surface area contributed by atoms with Crippen molar-refractivity contribution >= 4 is 45.3 Å². The number of esters is 1. The molecule has 0 N–H and O–H groups in total. The van der Waals surface area contributed by atoms with Gasteiger partial charge in [-0.3, -0.25) is 9.69 Å². The number of rotatable bonds is 4. The Balaban J connectivity index is 0.00000272. The maximum Gasteiger partial charge on any atom is 0.343 e. The average molecular weight is 507 g/mol. The SMILES string of the molecule is Cc1c(-c2ccccc2)oc2c(C(=O)OC(C)N3CCCCC3)cc(Br)cc2c1=O.Cl. The molecule has 1 atom stereocenters. The van der Waals surface area contributed by atoms with E-state index in [0.717, 1.165) is 31.5 Å². The number of benzene rings is 2. The molecule has 31 heavy (non-hydrogen) atoms. The van der Waals surface area contributed by atoms with E-state index < -0.39 is 5.97 Å². The Bertz CT molecular complexity index is 1140. The Labute approximate surface area is 195 Å². The highest BCUT2D eigenvalue weighted by molar-refractivity contribution is 9.10. The fraction of sp³-hybridized carbons (Fsp3) is 0.333. The summed E-state index contributed by atoms with van der Waals surface area (Å²) in [5.74, 6) is -0.0288. The van der Waals surface area contributed by atoms with Gasteiger partial charge in [0.05, 0.1) is 5.39 Å². The van der Waals surface area contributed by atoms with Crippen molar-refractivity contribution in [2.75, 3.05) is 13.1 Å². The van der Waals surface area contributed by atoms with Crippen molar-refractivity contribution in [3.63, 3.8) is 0 Å². The molecule has 2 aromatic carbocycles. The summed E-state index contributed by atoms with van der Waals surface area (Å²) in [6.45, 7) is 5.46. The lowest BCUT2D eigenvalue weighted by molar-refractivity contribution is -0.0297. The lowest BCUT2D eigenvalue weighted by Gasteiger charge is -2.31. The van der Waals surface area contributed by atoms with Gasteiger partial charge in [0.25, 0.3) is 0 Å². The van der Waals surface area contributed by atoms with Gasteiger partial charge in [0.15, 0.2) is 17.2 Å². The molecule has 1 saturated heterocycles. The number of nitrogens with zero attached hydrogens (tertiary/aromatic N) is 1. The first kappa shape index (κ1) is 23.5. The van der Waals surface area contributed by atoms with Crippen LogP contribution in [0.1, 0.15) is 42.1 Å². The molecular formula is C24H25BrClNO4. The minimum Gasteiger partial charge on any atom is -0.455 e. The Morgan fingerprint density at radius 1 is 1.13 bits per heavy atom. The summed E-state index contributed by atoms with van der Waals surface area (Å²) in [5, 5.41) is 0.360. The van der Waals surface area contributed by atoms with Crippen LogP contribution in [-0.2, 0) is 4.74 Å². The normalized spacial score (nSPS) is 15.3. The van der Waals surface area contributed by atoms with Crippen LogP contribution in [-0.4, -0.2) is 30.2 Å². The summed E-state index contributed by atoms with van der Waals surface area (Å²) >= 11 is 3.42. The molecule has 1 unspecified atom stereocenters. The average Bonchev–Trinajstić information content (AvgIpc) is 2.77. The third kappa shape index (κ3) is 4.86. The predicted molar refractivity (Wildman–Crippen MR) is 128 cm³/mol. The van der Waals surface area contributed by atoms with Crippen LogP contribution < -0.4 is 5.43 Å². The number of fused-ring (bicyclic) bond motifs is 1. The summed E-state index contributed by atoms with van der Waals surface area (Å²) < 4.78 is 12.5. The Kier molecular flexibility index (Phi) is 7.57. The van der Waals surface area contributed by atoms with E-state index in [1.54, 1.807) is 19.1 Å². The maximum absolute atomic E-state index is 13.1. The third-order valence-electron chi connectivity index (χ3n) is 5.62. The van der Waals surface area contributed by atoms with E-state index in [4.69, 9.17) is 9.15 Å². The number of hydrogen-bond donors (Lipinski definition) is 0. The van der Waals surface area contributed by atoms with Gasteiger partial charge in [0, 0.05) is 28.7 Å². The fourth-order valence-electron chi connectivity index (χ4n) is 3.95. The standard InChI is InChI=1S/C24H24BrNO4.ClH/c1-15-21(27)19-13-18(25)14-20(23(19)30-22(15)17-9-5-3-6-10-17)24(28)29-16(2)26-11-7-4-8-12-26;/h3,5-6,9-10,13-14,16H,4,7-8,11-12H2,1-2H3;1H. The van der Waals surface area contributed by atoms with E-state index in [1.807, 2.05) is 37.3 Å². The number of ether oxygens (including phenoxy) is 1. The summed E-state index contributed by atoms with van der Waals surface area (Å²) in [6.07, 6.45) is 3.09. The van der Waals surface area contributed by atoms with Gasteiger partial charge in [-0.05, 0) is 38.8 Å². The van der Waals surface area contributed by atoms with Gasteiger partial charge < -0.3 is 9.15 Å². The molecule has 0 bridgehead atoms. The van der Waals surface area contributed by atoms with Crippen molar-refractivity contribution in [1.82, 2.24) is 4.90 Å². The highest BCUT2D eigenvalue weighted by Crippen LogP contribution is 2.30. The number of carbonyl (C=O) groups excluding carboxylic acids is 1. The first-order valence-corrected chi connectivity index (χ1v) is 11.0. The lowest BCUT2D eigenvalue weighted by Crippen LogP contribution is -2.40. The molecule has 3 aromatic rings. The van der Waals surface area contributed by atoms with Crippen LogP contribution in [0.3, 0.4) is 0 Å². The zero-order chi connectivity index (χ0) is 21.3. The molecule has 0 aliphatic carbocycles. The minimum atomic E-state index is -0.495. The van der Waals surface area contributed by atoms with Crippen LogP contribution in [0.2, 0.25) is 0 Å². The molecular weight excluding hydrogens is 482 g/mol. The van der Waals surface area contributed by atoms with Gasteiger partial charge in [-0.2, -0.15) is 0 Å². The van der Waals surface area contributed by atoms with Crippen LogP contribution in [0.25, 0.3) is 22.3 Å². The molecule has 0 saturated carbocycles. The van der Waals surface area contributed by atoms with Gasteiger partial charge in [-0.25, -0.2) is 4.79 Å². The summed E-state index contributed by atoms with van der Waals surface area (Å²) in [4.78, 5) is 28.3. The highest BCUT2D eigenvalue weighted by Gasteiger charge is 2.24. The molecule has 1 fully saturated rings. The lowest BCUT2D eigenvalue weighted by atomic mass is 10.0. The predicted octanol–water partition coefficient (Wildman–Crippen LogP) is 5.94. The summed E-state index contributed by atoms with van der Waals surface area (Å²) in [7, 11) is 0. The van der Waals surface area contributed by atoms with Gasteiger partial charge in [0.1, 0.15) is 11.3 Å². The van der Waals surface area contributed by atoms with Gasteiger partial charge in [-0.1, -0.05) is 52.7 Å². The smallest absolute Gasteiger partial charge is 0.343 e. The maximum atomic E-state index is 13.1. The summed E-state index contributed by atoms with van der Waals surface area (Å²) in [6, 6.07) is 12.8. The number of carbonyl (C=O) groups is 1. The second-order valence-corrected chi connectivity index (χ2v) is 8.60. The van der Waals surface area contributed by atoms with Crippen LogP contribution in [0.15, 0.2) is 56.1 Å². The van der Waals surface area contributed by atoms with Crippen molar-refractivity contribution in [2.24, 2.45) is 0 Å². The van der Waals surface area contributed by atoms with Crippen LogP contribution >= 0.6 is 28.3 Å². The minimum absolute atomic E-state index is 0. The quantitative estimate of drug-likeness (QED) is 0.410. The molecule has 4 rings (SSSR count). The Morgan fingerprint density at radius 3 is 2.48 bits per heavy atom. The molecule has 1 aliphatic rings. The van der Waals surface area contributed by atoms with E-state index in [2.05, 4.69) is 20.8 Å². The monoisotopic (exact) mass is 505 g/mol. The second kappa shape index (κ2) is 9.98. The van der Waals surface area contributed by atoms with Gasteiger partial charge in [-0.15, -0.1) is 12.4 Å². The number of piperidine rings is 1. The molecule has 1 aliphatic heterocycles. The molecule has 0 radical (unpaired) electrons. The topological polar surface area (TPSA) is 59.8 Å².